The van der Waals surface area contributed by atoms with Gasteiger partial charge >= 0.3 is 12.1 Å². The lowest BCUT2D eigenvalue weighted by Gasteiger charge is -2.27. The van der Waals surface area contributed by atoms with Crippen LogP contribution < -0.4 is 14.9 Å². The van der Waals surface area contributed by atoms with Gasteiger partial charge in [0.1, 0.15) is 17.1 Å². The standard InChI is InChI=1S/C39H44F3NO5/c1-23(2)20-43(21-24(3)4)22-32-33(47-34(44)18-12-28-10-13-29(14-11-28)25(5)6)17-16-31-35(45)37(38(39(40,41)42)48-36(31)32)46-30-15-9-26(7)27(8)19-30/h9-19,23-25H,20-22H2,1-8H3/b18-12+. The summed E-state index contributed by atoms with van der Waals surface area (Å²) in [6, 6.07) is 15.2. The molecule has 4 rings (SSSR count). The van der Waals surface area contributed by atoms with Gasteiger partial charge in [-0.05, 0) is 84.2 Å². The van der Waals surface area contributed by atoms with Crippen LogP contribution in [0.2, 0.25) is 0 Å². The second-order valence-corrected chi connectivity index (χ2v) is 13.4. The lowest BCUT2D eigenvalue weighted by Crippen LogP contribution is -2.31. The number of hydrogen-bond donors (Lipinski definition) is 0. The summed E-state index contributed by atoms with van der Waals surface area (Å²) in [5.74, 6) is -2.35. The number of nitrogens with zero attached hydrogens (tertiary/aromatic N) is 1. The molecule has 9 heteroatoms. The molecule has 0 unspecified atom stereocenters. The molecule has 0 aliphatic rings. The molecular formula is C39H44F3NO5. The van der Waals surface area contributed by atoms with E-state index >= 15 is 0 Å². The van der Waals surface area contributed by atoms with Crippen LogP contribution in [-0.4, -0.2) is 24.0 Å². The first kappa shape index (κ1) is 36.5. The normalized spacial score (nSPS) is 12.3. The largest absolute Gasteiger partial charge is 0.453 e. The van der Waals surface area contributed by atoms with E-state index in [2.05, 4.69) is 18.7 Å². The smallest absolute Gasteiger partial charge is 0.449 e. The van der Waals surface area contributed by atoms with Crippen molar-refractivity contribution in [2.24, 2.45) is 11.8 Å². The summed E-state index contributed by atoms with van der Waals surface area (Å²) in [7, 11) is 0. The van der Waals surface area contributed by atoms with Crippen LogP contribution in [0.1, 0.15) is 81.0 Å². The number of alkyl halides is 3. The van der Waals surface area contributed by atoms with Crippen molar-refractivity contribution in [3.63, 3.8) is 0 Å². The molecule has 0 saturated heterocycles. The van der Waals surface area contributed by atoms with Crippen LogP contribution in [0, 0.1) is 25.7 Å². The molecule has 0 saturated carbocycles. The number of carbonyl (C=O) groups is 1. The number of benzene rings is 3. The van der Waals surface area contributed by atoms with Gasteiger partial charge in [-0.25, -0.2) is 4.79 Å². The van der Waals surface area contributed by atoms with Crippen molar-refractivity contribution < 1.29 is 31.9 Å². The van der Waals surface area contributed by atoms with Crippen LogP contribution >= 0.6 is 0 Å². The zero-order valence-electron chi connectivity index (χ0n) is 28.8. The van der Waals surface area contributed by atoms with E-state index in [1.165, 1.54) is 24.3 Å². The Morgan fingerprint density at radius 2 is 1.54 bits per heavy atom. The lowest BCUT2D eigenvalue weighted by atomic mass is 10.0. The van der Waals surface area contributed by atoms with Crippen molar-refractivity contribution in [1.29, 1.82) is 0 Å². The van der Waals surface area contributed by atoms with Crippen LogP contribution in [0.15, 0.2) is 69.9 Å². The third-order valence-electron chi connectivity index (χ3n) is 7.89. The summed E-state index contributed by atoms with van der Waals surface area (Å²) >= 11 is 0. The monoisotopic (exact) mass is 663 g/mol. The second-order valence-electron chi connectivity index (χ2n) is 13.4. The molecule has 0 amide bonds. The maximum absolute atomic E-state index is 14.6. The van der Waals surface area contributed by atoms with Crippen LogP contribution in [0.3, 0.4) is 0 Å². The maximum Gasteiger partial charge on any atom is 0.453 e. The highest BCUT2D eigenvalue weighted by Crippen LogP contribution is 2.40. The molecule has 6 nitrogen and oxygen atoms in total. The van der Waals surface area contributed by atoms with Gasteiger partial charge in [-0.2, -0.15) is 13.2 Å². The molecule has 0 fully saturated rings. The van der Waals surface area contributed by atoms with E-state index in [1.54, 1.807) is 25.1 Å². The van der Waals surface area contributed by atoms with E-state index in [4.69, 9.17) is 13.9 Å². The topological polar surface area (TPSA) is 69.0 Å². The first-order valence-corrected chi connectivity index (χ1v) is 16.2. The number of aryl methyl sites for hydroxylation is 2. The van der Waals surface area contributed by atoms with Gasteiger partial charge in [-0.3, -0.25) is 9.69 Å². The Balaban J connectivity index is 1.84. The summed E-state index contributed by atoms with van der Waals surface area (Å²) in [5.41, 5.74) is 2.52. The summed E-state index contributed by atoms with van der Waals surface area (Å²) in [4.78, 5) is 28.9. The molecule has 0 bridgehead atoms. The highest BCUT2D eigenvalue weighted by atomic mass is 19.4. The van der Waals surface area contributed by atoms with Gasteiger partial charge < -0.3 is 13.9 Å². The van der Waals surface area contributed by atoms with Crippen LogP contribution in [0.25, 0.3) is 17.0 Å². The number of carbonyl (C=O) groups excluding carboxylic acids is 1. The van der Waals surface area contributed by atoms with E-state index in [1.807, 2.05) is 58.9 Å². The molecule has 3 aromatic carbocycles. The minimum atomic E-state index is -5.06. The van der Waals surface area contributed by atoms with E-state index in [-0.39, 0.29) is 46.4 Å². The van der Waals surface area contributed by atoms with Crippen molar-refractivity contribution in [1.82, 2.24) is 4.90 Å². The maximum atomic E-state index is 14.6. The first-order valence-electron chi connectivity index (χ1n) is 16.2. The fourth-order valence-electron chi connectivity index (χ4n) is 5.46. The third-order valence-corrected chi connectivity index (χ3v) is 7.89. The number of rotatable bonds is 12. The van der Waals surface area contributed by atoms with Gasteiger partial charge in [0.2, 0.25) is 11.2 Å². The number of halogens is 3. The van der Waals surface area contributed by atoms with Gasteiger partial charge in [0.05, 0.1) is 10.9 Å². The van der Waals surface area contributed by atoms with Crippen LogP contribution in [-0.2, 0) is 17.5 Å². The van der Waals surface area contributed by atoms with Crippen molar-refractivity contribution in [3.05, 3.63) is 104 Å². The third kappa shape index (κ3) is 9.16. The number of hydrogen-bond acceptors (Lipinski definition) is 6. The predicted octanol–water partition coefficient (Wildman–Crippen LogP) is 10.1. The average Bonchev–Trinajstić information content (AvgIpc) is 2.99. The molecule has 0 spiro atoms. The molecule has 0 atom stereocenters. The molecule has 1 aromatic heterocycles. The summed E-state index contributed by atoms with van der Waals surface area (Å²) in [5, 5.41) is -0.119. The van der Waals surface area contributed by atoms with E-state index in [9.17, 15) is 22.8 Å². The summed E-state index contributed by atoms with van der Waals surface area (Å²) < 4.78 is 60.6. The SMILES string of the molecule is Cc1ccc(Oc2c(C(F)(F)F)oc3c(CN(CC(C)C)CC(C)C)c(OC(=O)/C=C/c4ccc(C(C)C)cc4)ccc3c2=O)cc1C. The Morgan fingerprint density at radius 1 is 0.896 bits per heavy atom. The van der Waals surface area contributed by atoms with Crippen molar-refractivity contribution >= 4 is 23.0 Å². The second kappa shape index (κ2) is 15.2. The van der Waals surface area contributed by atoms with Crippen LogP contribution in [0.5, 0.6) is 17.2 Å². The van der Waals surface area contributed by atoms with E-state index < -0.39 is 29.1 Å². The van der Waals surface area contributed by atoms with E-state index in [0.717, 1.165) is 22.3 Å². The van der Waals surface area contributed by atoms with E-state index in [0.29, 0.717) is 19.0 Å². The van der Waals surface area contributed by atoms with Gasteiger partial charge in [0.25, 0.3) is 5.76 Å². The fourth-order valence-corrected chi connectivity index (χ4v) is 5.46. The Morgan fingerprint density at radius 3 is 2.10 bits per heavy atom. The summed E-state index contributed by atoms with van der Waals surface area (Å²) in [6.07, 6.45) is -2.19. The molecule has 4 aromatic rings. The number of fused-ring (bicyclic) bond motifs is 1. The first-order chi connectivity index (χ1) is 22.5. The highest BCUT2D eigenvalue weighted by Gasteiger charge is 2.41. The molecule has 0 aliphatic heterocycles. The van der Waals surface area contributed by atoms with Crippen molar-refractivity contribution in [2.75, 3.05) is 13.1 Å². The summed E-state index contributed by atoms with van der Waals surface area (Å²) in [6.45, 7) is 17.3. The zero-order chi connectivity index (χ0) is 35.3. The fraction of sp³-hybridized carbons (Fsp3) is 0.385. The Hall–Kier alpha value is -4.37. The zero-order valence-corrected chi connectivity index (χ0v) is 28.8. The number of ether oxygens (including phenoxy) is 2. The Bertz CT molecular complexity index is 1830. The minimum absolute atomic E-state index is 0.00363. The molecular weight excluding hydrogens is 619 g/mol. The van der Waals surface area contributed by atoms with Crippen LogP contribution in [0.4, 0.5) is 13.2 Å². The number of esters is 1. The van der Waals surface area contributed by atoms with Gasteiger partial charge in [0, 0.05) is 25.7 Å². The van der Waals surface area contributed by atoms with Crippen molar-refractivity contribution in [2.45, 2.75) is 74.0 Å². The molecule has 0 aliphatic carbocycles. The Labute approximate surface area is 280 Å². The molecule has 48 heavy (non-hydrogen) atoms. The average molecular weight is 664 g/mol. The molecule has 256 valence electrons. The molecule has 0 N–H and O–H groups in total. The molecule has 1 heterocycles. The van der Waals surface area contributed by atoms with Gasteiger partial charge in [-0.1, -0.05) is 71.9 Å². The predicted molar refractivity (Wildman–Crippen MR) is 184 cm³/mol. The van der Waals surface area contributed by atoms with Gasteiger partial charge in [-0.15, -0.1) is 0 Å². The minimum Gasteiger partial charge on any atom is -0.449 e. The van der Waals surface area contributed by atoms with Gasteiger partial charge in [0.15, 0.2) is 0 Å². The highest BCUT2D eigenvalue weighted by molar-refractivity contribution is 5.90. The molecule has 0 radical (unpaired) electrons. The lowest BCUT2D eigenvalue weighted by molar-refractivity contribution is -0.154. The Kier molecular flexibility index (Phi) is 11.6. The quantitative estimate of drug-likeness (QED) is 0.0854. The van der Waals surface area contributed by atoms with Crippen molar-refractivity contribution in [3.8, 4) is 17.2 Å².